The Morgan fingerprint density at radius 3 is 2.55 bits per heavy atom. The number of carboxylic acid groups (broad SMARTS) is 1. The third kappa shape index (κ3) is 3.77. The molecule has 1 amide bonds. The number of carbonyl (C=O) groups is 2. The molecule has 0 radical (unpaired) electrons. The van der Waals surface area contributed by atoms with Gasteiger partial charge in [0.15, 0.2) is 0 Å². The van der Waals surface area contributed by atoms with Gasteiger partial charge in [0.2, 0.25) is 5.91 Å². The molecule has 0 saturated heterocycles. The van der Waals surface area contributed by atoms with Crippen LogP contribution in [0.25, 0.3) is 10.4 Å². The van der Waals surface area contributed by atoms with E-state index in [9.17, 15) is 9.59 Å². The zero-order chi connectivity index (χ0) is 8.85. The van der Waals surface area contributed by atoms with Gasteiger partial charge in [0, 0.05) is 11.3 Å². The average Bonchev–Trinajstić information content (AvgIpc) is 1.86. The lowest BCUT2D eigenvalue weighted by molar-refractivity contribution is -0.140. The van der Waals surface area contributed by atoms with E-state index in [2.05, 4.69) is 15.8 Å². The molecule has 0 aromatic heterocycles. The van der Waals surface area contributed by atoms with Gasteiger partial charge in [-0.2, -0.15) is 0 Å². The maximum absolute atomic E-state index is 10.2. The monoisotopic (exact) mass is 158 g/mol. The fourth-order valence-corrected chi connectivity index (χ4v) is 0.430. The van der Waals surface area contributed by atoms with Crippen LogP contribution in [0.5, 0.6) is 0 Å². The minimum Gasteiger partial charge on any atom is -0.481 e. The number of aliphatic carboxylic acids is 1. The van der Waals surface area contributed by atoms with Crippen molar-refractivity contribution in [2.75, 3.05) is 0 Å². The van der Waals surface area contributed by atoms with Crippen LogP contribution < -0.4 is 5.73 Å². The molecule has 0 heterocycles. The van der Waals surface area contributed by atoms with Crippen molar-refractivity contribution < 1.29 is 14.7 Å². The summed E-state index contributed by atoms with van der Waals surface area (Å²) < 4.78 is 0. The van der Waals surface area contributed by atoms with E-state index in [1.807, 2.05) is 0 Å². The Bertz CT molecular complexity index is 217. The molecule has 0 rings (SSSR count). The number of azide groups is 1. The first-order valence-corrected chi connectivity index (χ1v) is 2.63. The molecule has 0 saturated carbocycles. The molecule has 0 aliphatic rings. The molecular weight excluding hydrogens is 152 g/mol. The van der Waals surface area contributed by atoms with E-state index in [0.29, 0.717) is 0 Å². The molecule has 0 spiro atoms. The van der Waals surface area contributed by atoms with Gasteiger partial charge in [-0.05, 0) is 5.53 Å². The van der Waals surface area contributed by atoms with Crippen LogP contribution in [0.15, 0.2) is 5.11 Å². The molecule has 0 aromatic carbocycles. The fraction of sp³-hybridized carbons (Fsp3) is 0.500. The van der Waals surface area contributed by atoms with E-state index < -0.39 is 24.3 Å². The van der Waals surface area contributed by atoms with E-state index in [1.165, 1.54) is 0 Å². The summed E-state index contributed by atoms with van der Waals surface area (Å²) >= 11 is 0. The zero-order valence-corrected chi connectivity index (χ0v) is 5.47. The maximum atomic E-state index is 10.2. The summed E-state index contributed by atoms with van der Waals surface area (Å²) in [5, 5.41) is 11.1. The summed E-state index contributed by atoms with van der Waals surface area (Å²) in [6.07, 6.45) is -0.473. The second-order valence-corrected chi connectivity index (χ2v) is 1.73. The number of hydrogen-bond acceptors (Lipinski definition) is 3. The Morgan fingerprint density at radius 2 is 2.27 bits per heavy atom. The first kappa shape index (κ1) is 9.25. The molecule has 1 atom stereocenters. The lowest BCUT2D eigenvalue weighted by Crippen LogP contribution is -2.25. The number of hydrogen-bond donors (Lipinski definition) is 2. The largest absolute Gasteiger partial charge is 0.481 e. The van der Waals surface area contributed by atoms with Crippen LogP contribution in [-0.4, -0.2) is 23.0 Å². The third-order valence-corrected chi connectivity index (χ3v) is 0.871. The van der Waals surface area contributed by atoms with Crippen molar-refractivity contribution in [2.45, 2.75) is 12.5 Å². The number of rotatable bonds is 4. The normalized spacial score (nSPS) is 11.3. The van der Waals surface area contributed by atoms with Crippen LogP contribution in [-0.2, 0) is 9.59 Å². The van der Waals surface area contributed by atoms with Crippen molar-refractivity contribution in [3.05, 3.63) is 10.4 Å². The standard InChI is InChI=1S/C4H6N4O3/c5-3(9)1-2(4(10)11)7-8-6/h2H,1H2,(H2,5,9)(H,10,11)/t2-/m0/s1. The van der Waals surface area contributed by atoms with Crippen molar-refractivity contribution in [3.63, 3.8) is 0 Å². The van der Waals surface area contributed by atoms with E-state index in [1.54, 1.807) is 0 Å². The van der Waals surface area contributed by atoms with Crippen LogP contribution in [0.1, 0.15) is 6.42 Å². The molecule has 0 aliphatic heterocycles. The predicted molar refractivity (Wildman–Crippen MR) is 34.4 cm³/mol. The van der Waals surface area contributed by atoms with E-state index >= 15 is 0 Å². The van der Waals surface area contributed by atoms with Gasteiger partial charge in [-0.3, -0.25) is 9.59 Å². The van der Waals surface area contributed by atoms with Gasteiger partial charge in [0.1, 0.15) is 6.04 Å². The highest BCUT2D eigenvalue weighted by Gasteiger charge is 2.17. The fourth-order valence-electron chi connectivity index (χ4n) is 0.430. The molecular formula is C4H6N4O3. The summed E-state index contributed by atoms with van der Waals surface area (Å²) in [6, 6.07) is -1.39. The van der Waals surface area contributed by atoms with Gasteiger partial charge in [0.05, 0.1) is 0 Å². The number of carboxylic acids is 1. The Hall–Kier alpha value is -1.75. The average molecular weight is 158 g/mol. The number of nitrogens with zero attached hydrogens (tertiary/aromatic N) is 3. The lowest BCUT2D eigenvalue weighted by atomic mass is 10.2. The molecule has 0 aliphatic carbocycles. The van der Waals surface area contributed by atoms with Crippen molar-refractivity contribution in [2.24, 2.45) is 10.8 Å². The van der Waals surface area contributed by atoms with Crippen LogP contribution in [0.2, 0.25) is 0 Å². The first-order valence-electron chi connectivity index (χ1n) is 2.63. The quantitative estimate of drug-likeness (QED) is 0.328. The molecule has 0 aromatic rings. The molecule has 7 heteroatoms. The second-order valence-electron chi connectivity index (χ2n) is 1.73. The number of amides is 1. The van der Waals surface area contributed by atoms with E-state index in [4.69, 9.17) is 10.6 Å². The van der Waals surface area contributed by atoms with Crippen molar-refractivity contribution >= 4 is 11.9 Å². The smallest absolute Gasteiger partial charge is 0.312 e. The Kier molecular flexibility index (Phi) is 3.47. The molecule has 0 bridgehead atoms. The van der Waals surface area contributed by atoms with E-state index in [0.717, 1.165) is 0 Å². The van der Waals surface area contributed by atoms with Gasteiger partial charge in [-0.25, -0.2) is 0 Å². The molecule has 60 valence electrons. The number of carbonyl (C=O) groups excluding carboxylic acids is 1. The maximum Gasteiger partial charge on any atom is 0.312 e. The van der Waals surface area contributed by atoms with Crippen LogP contribution in [0.4, 0.5) is 0 Å². The van der Waals surface area contributed by atoms with Crippen molar-refractivity contribution in [1.29, 1.82) is 0 Å². The topological polar surface area (TPSA) is 129 Å². The SMILES string of the molecule is [N-]=[N+]=N[C@@H](CC(N)=O)C(=O)O. The van der Waals surface area contributed by atoms with Gasteiger partial charge in [0.25, 0.3) is 0 Å². The van der Waals surface area contributed by atoms with E-state index in [-0.39, 0.29) is 0 Å². The molecule has 0 fully saturated rings. The summed E-state index contributed by atoms with van der Waals surface area (Å²) in [5.41, 5.74) is 12.5. The van der Waals surface area contributed by atoms with Crippen molar-refractivity contribution in [1.82, 2.24) is 0 Å². The number of nitrogens with two attached hydrogens (primary N) is 1. The Morgan fingerprint density at radius 1 is 1.73 bits per heavy atom. The number of primary amides is 1. The summed E-state index contributed by atoms with van der Waals surface area (Å²) in [7, 11) is 0. The van der Waals surface area contributed by atoms with Crippen LogP contribution in [0, 0.1) is 0 Å². The minimum atomic E-state index is -1.39. The van der Waals surface area contributed by atoms with Gasteiger partial charge < -0.3 is 10.8 Å². The summed E-state index contributed by atoms with van der Waals surface area (Å²) in [6.45, 7) is 0. The van der Waals surface area contributed by atoms with Gasteiger partial charge in [-0.15, -0.1) is 0 Å². The van der Waals surface area contributed by atoms with Gasteiger partial charge in [-0.1, -0.05) is 5.11 Å². The van der Waals surface area contributed by atoms with Gasteiger partial charge >= 0.3 is 5.97 Å². The summed E-state index contributed by atoms with van der Waals surface area (Å²) in [4.78, 5) is 22.6. The third-order valence-electron chi connectivity index (χ3n) is 0.871. The molecule has 3 N–H and O–H groups in total. The zero-order valence-electron chi connectivity index (χ0n) is 5.47. The molecule has 7 nitrogen and oxygen atoms in total. The lowest BCUT2D eigenvalue weighted by Gasteiger charge is -1.99. The molecule has 11 heavy (non-hydrogen) atoms. The summed E-state index contributed by atoms with van der Waals surface area (Å²) in [5.74, 6) is -2.17. The Labute approximate surface area is 61.4 Å². The van der Waals surface area contributed by atoms with Crippen molar-refractivity contribution in [3.8, 4) is 0 Å². The highest BCUT2D eigenvalue weighted by molar-refractivity contribution is 5.83. The van der Waals surface area contributed by atoms with Crippen LogP contribution in [0.3, 0.4) is 0 Å². The Balaban J connectivity index is 4.22. The predicted octanol–water partition coefficient (Wildman–Crippen LogP) is -0.375. The highest BCUT2D eigenvalue weighted by atomic mass is 16.4. The minimum absolute atomic E-state index is 0.473. The highest BCUT2D eigenvalue weighted by Crippen LogP contribution is 1.97. The second kappa shape index (κ2) is 4.13. The first-order chi connectivity index (χ1) is 5.07. The van der Waals surface area contributed by atoms with Crippen LogP contribution >= 0.6 is 0 Å². The molecule has 0 unspecified atom stereocenters.